The van der Waals surface area contributed by atoms with Crippen molar-refractivity contribution in [1.82, 2.24) is 0 Å². The average Bonchev–Trinajstić information content (AvgIpc) is 2.30. The molecule has 0 saturated heterocycles. The summed E-state index contributed by atoms with van der Waals surface area (Å²) in [7, 11) is 1.16. The molecule has 0 fully saturated rings. The van der Waals surface area contributed by atoms with Crippen molar-refractivity contribution in [2.75, 3.05) is 7.11 Å². The molecule has 0 aliphatic rings. The molecule has 0 aliphatic heterocycles. The van der Waals surface area contributed by atoms with Gasteiger partial charge in [0.2, 0.25) is 0 Å². The van der Waals surface area contributed by atoms with Gasteiger partial charge in [-0.05, 0) is 25.1 Å². The third kappa shape index (κ3) is 3.42. The number of carbonyl (C=O) groups is 2. The zero-order valence-corrected chi connectivity index (χ0v) is 9.95. The molecule has 0 amide bonds. The van der Waals surface area contributed by atoms with E-state index in [1.54, 1.807) is 0 Å². The summed E-state index contributed by atoms with van der Waals surface area (Å²) in [5, 5.41) is -0.0459. The van der Waals surface area contributed by atoms with Crippen LogP contribution in [0.3, 0.4) is 0 Å². The Balaban J connectivity index is 2.78. The average molecular weight is 261 g/mol. The Morgan fingerprint density at radius 1 is 1.35 bits per heavy atom. The Kier molecular flexibility index (Phi) is 4.45. The fourth-order valence-corrected chi connectivity index (χ4v) is 1.23. The van der Waals surface area contributed by atoms with Gasteiger partial charge in [0.05, 0.1) is 12.1 Å². The second-order valence-corrected chi connectivity index (χ2v) is 3.65. The number of esters is 2. The van der Waals surface area contributed by atoms with Gasteiger partial charge in [0.15, 0.2) is 5.92 Å². The lowest BCUT2D eigenvalue weighted by molar-refractivity contribution is -0.154. The zero-order chi connectivity index (χ0) is 13.0. The molecule has 92 valence electrons. The van der Waals surface area contributed by atoms with Crippen molar-refractivity contribution in [2.45, 2.75) is 6.92 Å². The summed E-state index contributed by atoms with van der Waals surface area (Å²) in [6.45, 7) is 1.34. The maximum absolute atomic E-state index is 12.7. The molecule has 1 aromatic carbocycles. The molecule has 0 spiro atoms. The maximum atomic E-state index is 12.7. The molecule has 1 atom stereocenters. The highest BCUT2D eigenvalue weighted by Gasteiger charge is 2.24. The number of ether oxygens (including phenoxy) is 2. The van der Waals surface area contributed by atoms with E-state index in [-0.39, 0.29) is 10.8 Å². The molecule has 17 heavy (non-hydrogen) atoms. The molecule has 1 aromatic rings. The number of carbonyl (C=O) groups excluding carboxylic acids is 2. The Morgan fingerprint density at radius 3 is 2.53 bits per heavy atom. The number of methoxy groups -OCH3 is 1. The second kappa shape index (κ2) is 5.63. The number of hydrogen-bond donors (Lipinski definition) is 0. The first-order chi connectivity index (χ1) is 7.95. The molecule has 0 N–H and O–H groups in total. The molecule has 0 heterocycles. The van der Waals surface area contributed by atoms with Crippen LogP contribution in [0.5, 0.6) is 5.75 Å². The van der Waals surface area contributed by atoms with Gasteiger partial charge in [-0.1, -0.05) is 11.6 Å². The van der Waals surface area contributed by atoms with Gasteiger partial charge < -0.3 is 9.47 Å². The van der Waals surface area contributed by atoms with Crippen LogP contribution < -0.4 is 4.74 Å². The lowest BCUT2D eigenvalue weighted by atomic mass is 10.2. The van der Waals surface area contributed by atoms with Gasteiger partial charge >= 0.3 is 11.9 Å². The van der Waals surface area contributed by atoms with Crippen LogP contribution in [0.4, 0.5) is 4.39 Å². The van der Waals surface area contributed by atoms with E-state index in [4.69, 9.17) is 16.3 Å². The van der Waals surface area contributed by atoms with Gasteiger partial charge in [0.25, 0.3) is 0 Å². The second-order valence-electron chi connectivity index (χ2n) is 3.24. The molecular formula is C11H10ClFO4. The van der Waals surface area contributed by atoms with Crippen molar-refractivity contribution in [3.63, 3.8) is 0 Å². The van der Waals surface area contributed by atoms with Crippen molar-refractivity contribution in [3.8, 4) is 5.75 Å². The van der Waals surface area contributed by atoms with Crippen LogP contribution in [-0.4, -0.2) is 19.0 Å². The zero-order valence-electron chi connectivity index (χ0n) is 9.20. The number of halogens is 2. The molecular weight excluding hydrogens is 251 g/mol. The van der Waals surface area contributed by atoms with Crippen molar-refractivity contribution in [3.05, 3.63) is 29.0 Å². The van der Waals surface area contributed by atoms with Gasteiger partial charge in [0, 0.05) is 0 Å². The molecule has 0 aromatic heterocycles. The largest absolute Gasteiger partial charge is 0.468 e. The van der Waals surface area contributed by atoms with E-state index in [1.165, 1.54) is 13.0 Å². The topological polar surface area (TPSA) is 52.6 Å². The van der Waals surface area contributed by atoms with Crippen LogP contribution in [0.15, 0.2) is 18.2 Å². The fraction of sp³-hybridized carbons (Fsp3) is 0.273. The highest BCUT2D eigenvalue weighted by atomic mass is 35.5. The summed E-state index contributed by atoms with van der Waals surface area (Å²) in [5.41, 5.74) is 0. The predicted octanol–water partition coefficient (Wildman–Crippen LogP) is 2.19. The third-order valence-corrected chi connectivity index (χ3v) is 2.31. The molecule has 0 bridgehead atoms. The monoisotopic (exact) mass is 260 g/mol. The van der Waals surface area contributed by atoms with Gasteiger partial charge in [-0.25, -0.2) is 4.39 Å². The quantitative estimate of drug-likeness (QED) is 0.475. The Labute approximate surface area is 102 Å². The van der Waals surface area contributed by atoms with Crippen LogP contribution in [0, 0.1) is 11.7 Å². The van der Waals surface area contributed by atoms with E-state index >= 15 is 0 Å². The summed E-state index contributed by atoms with van der Waals surface area (Å²) in [6.07, 6.45) is 0. The first-order valence-corrected chi connectivity index (χ1v) is 5.08. The molecule has 4 nitrogen and oxygen atoms in total. The van der Waals surface area contributed by atoms with Crippen molar-refractivity contribution >= 4 is 23.5 Å². The van der Waals surface area contributed by atoms with Crippen LogP contribution in [-0.2, 0) is 14.3 Å². The van der Waals surface area contributed by atoms with E-state index in [0.717, 1.165) is 19.2 Å². The van der Waals surface area contributed by atoms with Crippen LogP contribution in [0.25, 0.3) is 0 Å². The first kappa shape index (κ1) is 13.4. The molecule has 1 unspecified atom stereocenters. The smallest absolute Gasteiger partial charge is 0.325 e. The van der Waals surface area contributed by atoms with Crippen LogP contribution >= 0.6 is 11.6 Å². The molecule has 0 aliphatic carbocycles. The minimum absolute atomic E-state index is 0.00572. The van der Waals surface area contributed by atoms with Gasteiger partial charge in [-0.15, -0.1) is 0 Å². The highest BCUT2D eigenvalue weighted by Crippen LogP contribution is 2.25. The first-order valence-electron chi connectivity index (χ1n) is 4.70. The Morgan fingerprint density at radius 2 is 2.00 bits per heavy atom. The summed E-state index contributed by atoms with van der Waals surface area (Å²) in [4.78, 5) is 22.5. The number of hydrogen-bond acceptors (Lipinski definition) is 4. The van der Waals surface area contributed by atoms with Crippen LogP contribution in [0.2, 0.25) is 5.02 Å². The van der Waals surface area contributed by atoms with Gasteiger partial charge in [-0.2, -0.15) is 0 Å². The third-order valence-electron chi connectivity index (χ3n) is 2.01. The molecule has 1 rings (SSSR count). The van der Waals surface area contributed by atoms with E-state index in [2.05, 4.69) is 4.74 Å². The van der Waals surface area contributed by atoms with Gasteiger partial charge in [-0.3, -0.25) is 9.59 Å². The fourth-order valence-electron chi connectivity index (χ4n) is 1.03. The summed E-state index contributed by atoms with van der Waals surface area (Å²) < 4.78 is 22.0. The number of benzene rings is 1. The minimum Gasteiger partial charge on any atom is -0.468 e. The van der Waals surface area contributed by atoms with E-state index < -0.39 is 23.7 Å². The number of rotatable bonds is 3. The van der Waals surface area contributed by atoms with Crippen LogP contribution in [0.1, 0.15) is 6.92 Å². The SMILES string of the molecule is COC(=O)C(C)C(=O)Oc1ccc(F)cc1Cl. The van der Waals surface area contributed by atoms with Crippen molar-refractivity contribution < 1.29 is 23.5 Å². The predicted molar refractivity (Wildman–Crippen MR) is 58.2 cm³/mol. The van der Waals surface area contributed by atoms with E-state index in [1.807, 2.05) is 0 Å². The normalized spacial score (nSPS) is 11.8. The lowest BCUT2D eigenvalue weighted by Gasteiger charge is -2.10. The minimum atomic E-state index is -1.07. The lowest BCUT2D eigenvalue weighted by Crippen LogP contribution is -2.26. The molecule has 0 radical (unpaired) electrons. The van der Waals surface area contributed by atoms with Gasteiger partial charge in [0.1, 0.15) is 11.6 Å². The van der Waals surface area contributed by atoms with E-state index in [0.29, 0.717) is 0 Å². The van der Waals surface area contributed by atoms with Crippen molar-refractivity contribution in [2.24, 2.45) is 5.92 Å². The summed E-state index contributed by atoms with van der Waals surface area (Å²) in [5.74, 6) is -3.15. The Hall–Kier alpha value is -1.62. The standard InChI is InChI=1S/C11H10ClFO4/c1-6(10(14)16-2)11(15)17-9-4-3-7(13)5-8(9)12/h3-6H,1-2H3. The molecule has 0 saturated carbocycles. The summed E-state index contributed by atoms with van der Waals surface area (Å²) >= 11 is 5.66. The van der Waals surface area contributed by atoms with Crippen molar-refractivity contribution in [1.29, 1.82) is 0 Å². The molecule has 6 heteroatoms. The summed E-state index contributed by atoms with van der Waals surface area (Å²) in [6, 6.07) is 3.31. The highest BCUT2D eigenvalue weighted by molar-refractivity contribution is 6.32. The Bertz CT molecular complexity index is 447. The maximum Gasteiger partial charge on any atom is 0.325 e. The van der Waals surface area contributed by atoms with E-state index in [9.17, 15) is 14.0 Å².